The lowest BCUT2D eigenvalue weighted by Gasteiger charge is -2.08. The van der Waals surface area contributed by atoms with Crippen LogP contribution < -0.4 is 5.32 Å². The highest BCUT2D eigenvalue weighted by atomic mass is 35.5. The van der Waals surface area contributed by atoms with Crippen molar-refractivity contribution < 1.29 is 18.0 Å². The molecule has 4 nitrogen and oxygen atoms in total. The fourth-order valence-corrected chi connectivity index (χ4v) is 3.25. The smallest absolute Gasteiger partial charge is 0.321 e. The molecule has 0 saturated carbocycles. The second-order valence-corrected chi connectivity index (χ2v) is 6.34. The van der Waals surface area contributed by atoms with Crippen molar-refractivity contribution in [1.29, 1.82) is 0 Å². The molecule has 3 rings (SSSR count). The van der Waals surface area contributed by atoms with Crippen molar-refractivity contribution in [3.63, 3.8) is 0 Å². The number of carbonyl (C=O) groups is 1. The second-order valence-electron chi connectivity index (χ2n) is 4.99. The fourth-order valence-electron chi connectivity index (χ4n) is 2.22. The minimum absolute atomic E-state index is 0.0385. The van der Waals surface area contributed by atoms with Gasteiger partial charge in [0.15, 0.2) is 5.16 Å². The van der Waals surface area contributed by atoms with Crippen LogP contribution in [0.4, 0.5) is 18.9 Å². The predicted octanol–water partition coefficient (Wildman–Crippen LogP) is 4.95. The number of alkyl halides is 2. The number of nitrogens with zero attached hydrogens (tertiary/aromatic N) is 2. The summed E-state index contributed by atoms with van der Waals surface area (Å²) in [6.45, 7) is -2.77. The van der Waals surface area contributed by atoms with Crippen LogP contribution in [0.15, 0.2) is 47.6 Å². The summed E-state index contributed by atoms with van der Waals surface area (Å²) in [5, 5.41) is 2.60. The van der Waals surface area contributed by atoms with E-state index >= 15 is 0 Å². The molecule has 1 heterocycles. The van der Waals surface area contributed by atoms with Crippen molar-refractivity contribution in [3.8, 4) is 0 Å². The zero-order chi connectivity index (χ0) is 18.0. The van der Waals surface area contributed by atoms with Gasteiger partial charge in [-0.15, -0.1) is 0 Å². The molecule has 0 bridgehead atoms. The lowest BCUT2D eigenvalue weighted by atomic mass is 10.3. The summed E-state index contributed by atoms with van der Waals surface area (Å²) < 4.78 is 40.4. The Morgan fingerprint density at radius 3 is 2.76 bits per heavy atom. The summed E-state index contributed by atoms with van der Waals surface area (Å²) in [5.41, 5.74) is 0.963. The first kappa shape index (κ1) is 17.6. The van der Waals surface area contributed by atoms with Crippen molar-refractivity contribution in [2.75, 3.05) is 11.1 Å². The first-order valence-corrected chi connectivity index (χ1v) is 8.45. The molecule has 0 unspecified atom stereocenters. The number of anilines is 1. The number of halogens is 4. The topological polar surface area (TPSA) is 46.9 Å². The molecule has 1 aromatic heterocycles. The maximum atomic E-state index is 13.3. The molecule has 2 aromatic carbocycles. The van der Waals surface area contributed by atoms with E-state index in [0.717, 1.165) is 28.5 Å². The van der Waals surface area contributed by atoms with Crippen LogP contribution >= 0.6 is 23.4 Å². The van der Waals surface area contributed by atoms with Crippen LogP contribution in [-0.4, -0.2) is 21.2 Å². The van der Waals surface area contributed by atoms with Gasteiger partial charge in [-0.25, -0.2) is 9.37 Å². The summed E-state index contributed by atoms with van der Waals surface area (Å²) in [7, 11) is 0. The van der Waals surface area contributed by atoms with E-state index in [9.17, 15) is 18.0 Å². The van der Waals surface area contributed by atoms with Gasteiger partial charge in [-0.3, -0.25) is 9.36 Å². The molecule has 9 heteroatoms. The monoisotopic (exact) mass is 385 g/mol. The molecular formula is C16H11ClF3N3OS. The minimum atomic E-state index is -2.77. The van der Waals surface area contributed by atoms with Gasteiger partial charge < -0.3 is 5.32 Å². The number of carbonyl (C=O) groups excluding carboxylic acids is 1. The van der Waals surface area contributed by atoms with E-state index in [-0.39, 0.29) is 21.6 Å². The van der Waals surface area contributed by atoms with Crippen molar-refractivity contribution in [2.24, 2.45) is 0 Å². The molecule has 0 aliphatic heterocycles. The number of amides is 1. The van der Waals surface area contributed by atoms with Gasteiger partial charge in [-0.2, -0.15) is 8.78 Å². The van der Waals surface area contributed by atoms with Crippen LogP contribution in [0, 0.1) is 5.82 Å². The number of hydrogen-bond donors (Lipinski definition) is 1. The van der Waals surface area contributed by atoms with Gasteiger partial charge >= 0.3 is 6.55 Å². The minimum Gasteiger partial charge on any atom is -0.324 e. The van der Waals surface area contributed by atoms with E-state index < -0.39 is 18.3 Å². The summed E-state index contributed by atoms with van der Waals surface area (Å²) >= 11 is 6.71. The number of rotatable bonds is 5. The highest BCUT2D eigenvalue weighted by molar-refractivity contribution is 7.99. The summed E-state index contributed by atoms with van der Waals surface area (Å²) in [6.07, 6.45) is 0. The van der Waals surface area contributed by atoms with Crippen LogP contribution in [-0.2, 0) is 4.79 Å². The Balaban J connectivity index is 1.74. The number of benzene rings is 2. The largest absolute Gasteiger partial charge is 0.324 e. The zero-order valence-electron chi connectivity index (χ0n) is 12.5. The predicted molar refractivity (Wildman–Crippen MR) is 91.7 cm³/mol. The Labute approximate surface area is 150 Å². The Morgan fingerprint density at radius 1 is 1.28 bits per heavy atom. The highest BCUT2D eigenvalue weighted by Crippen LogP contribution is 2.29. The third kappa shape index (κ3) is 3.91. The van der Waals surface area contributed by atoms with E-state index in [0.29, 0.717) is 11.0 Å². The lowest BCUT2D eigenvalue weighted by molar-refractivity contribution is -0.113. The third-order valence-corrected chi connectivity index (χ3v) is 4.56. The average Bonchev–Trinajstić information content (AvgIpc) is 2.94. The average molecular weight is 386 g/mol. The maximum absolute atomic E-state index is 13.3. The molecule has 0 fully saturated rings. The van der Waals surface area contributed by atoms with Crippen molar-refractivity contribution in [1.82, 2.24) is 9.55 Å². The summed E-state index contributed by atoms with van der Waals surface area (Å²) in [5.74, 6) is -1.14. The summed E-state index contributed by atoms with van der Waals surface area (Å²) in [6, 6.07) is 10.1. The van der Waals surface area contributed by atoms with E-state index in [1.165, 1.54) is 12.1 Å². The van der Waals surface area contributed by atoms with Gasteiger partial charge in [0, 0.05) is 0 Å². The van der Waals surface area contributed by atoms with Gasteiger partial charge in [-0.05, 0) is 30.3 Å². The van der Waals surface area contributed by atoms with Gasteiger partial charge in [0.05, 0.1) is 27.5 Å². The van der Waals surface area contributed by atoms with Crippen molar-refractivity contribution in [2.45, 2.75) is 11.7 Å². The highest BCUT2D eigenvalue weighted by Gasteiger charge is 2.19. The van der Waals surface area contributed by atoms with Gasteiger partial charge in [0.1, 0.15) is 5.82 Å². The molecule has 0 radical (unpaired) electrons. The molecule has 0 aliphatic rings. The molecule has 0 atom stereocenters. The van der Waals surface area contributed by atoms with Crippen LogP contribution in [0.1, 0.15) is 6.55 Å². The maximum Gasteiger partial charge on any atom is 0.321 e. The van der Waals surface area contributed by atoms with Crippen LogP contribution in [0.25, 0.3) is 11.0 Å². The van der Waals surface area contributed by atoms with E-state index in [2.05, 4.69) is 10.3 Å². The quantitative estimate of drug-likeness (QED) is 0.632. The number of aromatic nitrogens is 2. The van der Waals surface area contributed by atoms with Crippen LogP contribution in [0.5, 0.6) is 0 Å². The lowest BCUT2D eigenvalue weighted by Crippen LogP contribution is -2.15. The van der Waals surface area contributed by atoms with Crippen molar-refractivity contribution >= 4 is 46.0 Å². The Hall–Kier alpha value is -2.19. The van der Waals surface area contributed by atoms with Crippen molar-refractivity contribution in [3.05, 3.63) is 53.3 Å². The molecule has 0 spiro atoms. The Bertz CT molecular complexity index is 932. The number of nitrogens with one attached hydrogen (secondary N) is 1. The molecule has 3 aromatic rings. The van der Waals surface area contributed by atoms with Crippen LogP contribution in [0.2, 0.25) is 5.02 Å². The Morgan fingerprint density at radius 2 is 2.04 bits per heavy atom. The molecular weight excluding hydrogens is 375 g/mol. The van der Waals surface area contributed by atoms with E-state index in [1.54, 1.807) is 18.2 Å². The number of fused-ring (bicyclic) bond motifs is 1. The molecule has 1 N–H and O–H groups in total. The van der Waals surface area contributed by atoms with Gasteiger partial charge in [0.25, 0.3) is 0 Å². The van der Waals surface area contributed by atoms with E-state index in [1.807, 2.05) is 0 Å². The number of para-hydroxylation sites is 2. The molecule has 1 amide bonds. The second kappa shape index (κ2) is 7.37. The van der Waals surface area contributed by atoms with E-state index in [4.69, 9.17) is 11.6 Å². The molecule has 0 aliphatic carbocycles. The first-order valence-electron chi connectivity index (χ1n) is 7.08. The number of imidazole rings is 1. The van der Waals surface area contributed by atoms with Crippen LogP contribution in [0.3, 0.4) is 0 Å². The number of hydrogen-bond acceptors (Lipinski definition) is 3. The first-order chi connectivity index (χ1) is 12.0. The summed E-state index contributed by atoms with van der Waals surface area (Å²) in [4.78, 5) is 16.1. The SMILES string of the molecule is O=C(CSc1nc2ccccc2n1C(F)F)Nc1ccc(F)cc1Cl. The molecule has 25 heavy (non-hydrogen) atoms. The molecule has 0 saturated heterocycles. The number of thioether (sulfide) groups is 1. The normalized spacial score (nSPS) is 11.2. The standard InChI is InChI=1S/C16H11ClF3N3OS/c17-10-7-9(18)5-6-11(10)21-14(24)8-25-16-22-12-3-1-2-4-13(12)23(16)15(19)20/h1-7,15H,8H2,(H,21,24). The third-order valence-electron chi connectivity index (χ3n) is 3.30. The van der Waals surface area contributed by atoms with Gasteiger partial charge in [0.2, 0.25) is 5.91 Å². The van der Waals surface area contributed by atoms with Gasteiger partial charge in [-0.1, -0.05) is 35.5 Å². The zero-order valence-corrected chi connectivity index (χ0v) is 14.1. The fraction of sp³-hybridized carbons (Fsp3) is 0.125. The Kier molecular flexibility index (Phi) is 5.19. The molecule has 130 valence electrons.